The lowest BCUT2D eigenvalue weighted by Crippen LogP contribution is -2.20. The largest absolute Gasteiger partial charge is 0.462 e. The first-order valence-electron chi connectivity index (χ1n) is 4.08. The predicted octanol–water partition coefficient (Wildman–Crippen LogP) is 0.0885. The predicted molar refractivity (Wildman–Crippen MR) is 44.8 cm³/mol. The lowest BCUT2D eigenvalue weighted by atomic mass is 9.86. The summed E-state index contributed by atoms with van der Waals surface area (Å²) in [6.07, 6.45) is 4.67. The molecular formula is C8H14N2O2. The molecule has 4 heteroatoms. The first-order chi connectivity index (χ1) is 5.68. The molecule has 1 fully saturated rings. The van der Waals surface area contributed by atoms with Crippen LogP contribution in [0.15, 0.2) is 11.9 Å². The number of rotatable bonds is 3. The Balaban J connectivity index is 2.13. The minimum atomic E-state index is -0.443. The molecule has 0 saturated heterocycles. The topological polar surface area (TPSA) is 78.3 Å². The first-order valence-corrected chi connectivity index (χ1v) is 4.08. The van der Waals surface area contributed by atoms with Crippen LogP contribution in [0.3, 0.4) is 0 Å². The van der Waals surface area contributed by atoms with Crippen LogP contribution in [-0.2, 0) is 9.53 Å². The Labute approximate surface area is 71.6 Å². The maximum Gasteiger partial charge on any atom is 0.334 e. The van der Waals surface area contributed by atoms with Crippen LogP contribution < -0.4 is 11.5 Å². The number of hydrogen-bond acceptors (Lipinski definition) is 4. The van der Waals surface area contributed by atoms with Crippen LogP contribution in [0.2, 0.25) is 0 Å². The Hall–Kier alpha value is -1.19. The van der Waals surface area contributed by atoms with Crippen molar-refractivity contribution < 1.29 is 9.53 Å². The second-order valence-corrected chi connectivity index (χ2v) is 3.07. The van der Waals surface area contributed by atoms with E-state index in [2.05, 4.69) is 0 Å². The van der Waals surface area contributed by atoms with Crippen molar-refractivity contribution in [1.82, 2.24) is 0 Å². The quantitative estimate of drug-likeness (QED) is 0.464. The molecule has 4 N–H and O–H groups in total. The molecule has 0 spiro atoms. The molecule has 0 aromatic carbocycles. The average molecular weight is 170 g/mol. The zero-order valence-corrected chi connectivity index (χ0v) is 6.95. The van der Waals surface area contributed by atoms with E-state index in [1.54, 1.807) is 0 Å². The minimum Gasteiger partial charge on any atom is -0.462 e. The fraction of sp³-hybridized carbons (Fsp3) is 0.625. The molecule has 12 heavy (non-hydrogen) atoms. The molecule has 1 aliphatic rings. The van der Waals surface area contributed by atoms with Gasteiger partial charge in [0.15, 0.2) is 0 Å². The van der Waals surface area contributed by atoms with Gasteiger partial charge in [-0.15, -0.1) is 0 Å². The summed E-state index contributed by atoms with van der Waals surface area (Å²) < 4.78 is 4.88. The second-order valence-electron chi connectivity index (χ2n) is 3.07. The molecule has 0 unspecified atom stereocenters. The number of ether oxygens (including phenoxy) is 1. The highest BCUT2D eigenvalue weighted by Crippen LogP contribution is 2.26. The van der Waals surface area contributed by atoms with Crippen molar-refractivity contribution in [3.63, 3.8) is 0 Å². The summed E-state index contributed by atoms with van der Waals surface area (Å²) in [5.41, 5.74) is 10.2. The SMILES string of the molecule is NC(N)=CC(=O)OCC1CCC1. The fourth-order valence-corrected chi connectivity index (χ4v) is 1.04. The molecule has 0 aromatic heterocycles. The van der Waals surface area contributed by atoms with Crippen molar-refractivity contribution in [1.29, 1.82) is 0 Å². The molecule has 0 radical (unpaired) electrons. The maximum absolute atomic E-state index is 10.8. The van der Waals surface area contributed by atoms with Crippen LogP contribution in [0.1, 0.15) is 19.3 Å². The van der Waals surface area contributed by atoms with Gasteiger partial charge in [0, 0.05) is 0 Å². The standard InChI is InChI=1S/C8H14N2O2/c9-7(10)4-8(11)12-5-6-2-1-3-6/h4,6H,1-3,5,9-10H2. The molecule has 0 amide bonds. The highest BCUT2D eigenvalue weighted by atomic mass is 16.5. The molecule has 0 aromatic rings. The Morgan fingerprint density at radius 3 is 2.58 bits per heavy atom. The lowest BCUT2D eigenvalue weighted by Gasteiger charge is -2.24. The van der Waals surface area contributed by atoms with Crippen LogP contribution in [0, 0.1) is 5.92 Å². The smallest absolute Gasteiger partial charge is 0.334 e. The lowest BCUT2D eigenvalue weighted by molar-refractivity contribution is -0.140. The van der Waals surface area contributed by atoms with Gasteiger partial charge >= 0.3 is 5.97 Å². The third kappa shape index (κ3) is 2.82. The maximum atomic E-state index is 10.8. The van der Waals surface area contributed by atoms with Crippen LogP contribution in [0.25, 0.3) is 0 Å². The van der Waals surface area contributed by atoms with Gasteiger partial charge in [0.2, 0.25) is 0 Å². The normalized spacial score (nSPS) is 16.3. The molecule has 0 heterocycles. The van der Waals surface area contributed by atoms with E-state index < -0.39 is 5.97 Å². The van der Waals surface area contributed by atoms with Crippen LogP contribution >= 0.6 is 0 Å². The van der Waals surface area contributed by atoms with Crippen molar-refractivity contribution in [2.75, 3.05) is 6.61 Å². The van der Waals surface area contributed by atoms with Gasteiger partial charge < -0.3 is 16.2 Å². The van der Waals surface area contributed by atoms with Gasteiger partial charge in [-0.3, -0.25) is 0 Å². The molecule has 1 aliphatic carbocycles. The summed E-state index contributed by atoms with van der Waals surface area (Å²) >= 11 is 0. The van der Waals surface area contributed by atoms with Crippen molar-refractivity contribution >= 4 is 5.97 Å². The van der Waals surface area contributed by atoms with E-state index in [0.29, 0.717) is 12.5 Å². The van der Waals surface area contributed by atoms with Crippen molar-refractivity contribution in [3.05, 3.63) is 11.9 Å². The summed E-state index contributed by atoms with van der Waals surface area (Å²) in [6.45, 7) is 0.503. The van der Waals surface area contributed by atoms with Gasteiger partial charge in [-0.2, -0.15) is 0 Å². The number of hydrogen-bond donors (Lipinski definition) is 2. The van der Waals surface area contributed by atoms with Gasteiger partial charge in [-0.05, 0) is 18.8 Å². The Bertz CT molecular complexity index is 193. The van der Waals surface area contributed by atoms with Crippen molar-refractivity contribution in [2.45, 2.75) is 19.3 Å². The Morgan fingerprint density at radius 2 is 2.17 bits per heavy atom. The fourth-order valence-electron chi connectivity index (χ4n) is 1.04. The van der Waals surface area contributed by atoms with Gasteiger partial charge in [0.1, 0.15) is 5.82 Å². The van der Waals surface area contributed by atoms with E-state index in [4.69, 9.17) is 16.2 Å². The molecule has 0 bridgehead atoms. The van der Waals surface area contributed by atoms with Crippen LogP contribution in [-0.4, -0.2) is 12.6 Å². The van der Waals surface area contributed by atoms with Crippen molar-refractivity contribution in [2.24, 2.45) is 17.4 Å². The highest BCUT2D eigenvalue weighted by Gasteiger charge is 2.18. The van der Waals surface area contributed by atoms with E-state index in [1.165, 1.54) is 6.42 Å². The monoisotopic (exact) mass is 170 g/mol. The van der Waals surface area contributed by atoms with Gasteiger partial charge in [0.05, 0.1) is 12.7 Å². The summed E-state index contributed by atoms with van der Waals surface area (Å²) in [5.74, 6) is 0.108. The zero-order valence-electron chi connectivity index (χ0n) is 6.95. The Kier molecular flexibility index (Phi) is 2.96. The van der Waals surface area contributed by atoms with Gasteiger partial charge in [-0.25, -0.2) is 4.79 Å². The molecule has 0 aliphatic heterocycles. The van der Waals surface area contributed by atoms with E-state index in [0.717, 1.165) is 18.9 Å². The summed E-state index contributed by atoms with van der Waals surface area (Å²) in [7, 11) is 0. The minimum absolute atomic E-state index is 0.00592. The summed E-state index contributed by atoms with van der Waals surface area (Å²) in [6, 6.07) is 0. The van der Waals surface area contributed by atoms with E-state index in [-0.39, 0.29) is 5.82 Å². The number of esters is 1. The first kappa shape index (κ1) is 8.90. The summed E-state index contributed by atoms with van der Waals surface area (Å²) in [4.78, 5) is 10.8. The molecule has 68 valence electrons. The number of nitrogens with two attached hydrogens (primary N) is 2. The number of carbonyl (C=O) groups is 1. The molecule has 0 atom stereocenters. The van der Waals surface area contributed by atoms with Crippen LogP contribution in [0.4, 0.5) is 0 Å². The van der Waals surface area contributed by atoms with E-state index in [9.17, 15) is 4.79 Å². The van der Waals surface area contributed by atoms with E-state index >= 15 is 0 Å². The number of carbonyl (C=O) groups excluding carboxylic acids is 1. The third-order valence-electron chi connectivity index (χ3n) is 1.97. The zero-order chi connectivity index (χ0) is 8.97. The molecule has 1 rings (SSSR count). The average Bonchev–Trinajstić information content (AvgIpc) is 1.81. The molecular weight excluding hydrogens is 156 g/mol. The molecule has 1 saturated carbocycles. The van der Waals surface area contributed by atoms with Crippen LogP contribution in [0.5, 0.6) is 0 Å². The van der Waals surface area contributed by atoms with Gasteiger partial charge in [0.25, 0.3) is 0 Å². The van der Waals surface area contributed by atoms with E-state index in [1.807, 2.05) is 0 Å². The Morgan fingerprint density at radius 1 is 1.50 bits per heavy atom. The van der Waals surface area contributed by atoms with Crippen molar-refractivity contribution in [3.8, 4) is 0 Å². The van der Waals surface area contributed by atoms with Gasteiger partial charge in [-0.1, -0.05) is 6.42 Å². The summed E-state index contributed by atoms with van der Waals surface area (Å²) in [5, 5.41) is 0. The highest BCUT2D eigenvalue weighted by molar-refractivity contribution is 5.82. The molecule has 4 nitrogen and oxygen atoms in total. The third-order valence-corrected chi connectivity index (χ3v) is 1.97. The second kappa shape index (κ2) is 3.99.